The van der Waals surface area contributed by atoms with E-state index in [-0.39, 0.29) is 11.6 Å². The molecule has 2 aromatic carbocycles. The summed E-state index contributed by atoms with van der Waals surface area (Å²) in [5.74, 6) is 0.214. The molecule has 0 radical (unpaired) electrons. The molecule has 0 aliphatic heterocycles. The number of nitrogens with one attached hydrogen (secondary N) is 1. The molecule has 0 unspecified atom stereocenters. The maximum Gasteiger partial charge on any atom is 0.277 e. The molecule has 0 bridgehead atoms. The first-order valence-electron chi connectivity index (χ1n) is 8.59. The maximum absolute atomic E-state index is 12.4. The lowest BCUT2D eigenvalue weighted by Crippen LogP contribution is -2.11. The highest BCUT2D eigenvalue weighted by Gasteiger charge is 2.14. The van der Waals surface area contributed by atoms with Gasteiger partial charge in [-0.2, -0.15) is 5.10 Å². The number of aryl methyl sites for hydroxylation is 1. The predicted molar refractivity (Wildman–Crippen MR) is 102 cm³/mol. The topological polar surface area (TPSA) is 73.0 Å². The van der Waals surface area contributed by atoms with E-state index in [1.165, 1.54) is 5.56 Å². The average molecular weight is 358 g/mol. The lowest BCUT2D eigenvalue weighted by atomic mass is 10.1. The number of amides is 1. The van der Waals surface area contributed by atoms with Gasteiger partial charge in [0.15, 0.2) is 11.5 Å². The fourth-order valence-corrected chi connectivity index (χ4v) is 2.71. The van der Waals surface area contributed by atoms with E-state index < -0.39 is 0 Å². The first-order valence-corrected chi connectivity index (χ1v) is 8.59. The van der Waals surface area contributed by atoms with Crippen molar-refractivity contribution in [1.82, 2.24) is 14.9 Å². The van der Waals surface area contributed by atoms with Gasteiger partial charge in [0.1, 0.15) is 0 Å². The Bertz CT molecular complexity index is 1050. The molecule has 2 heterocycles. The second kappa shape index (κ2) is 7.29. The molecule has 1 amide bonds. The van der Waals surface area contributed by atoms with E-state index in [4.69, 9.17) is 4.52 Å². The number of nitrogens with zero attached hydrogens (tertiary/aromatic N) is 3. The molecule has 6 heteroatoms. The molecule has 27 heavy (non-hydrogen) atoms. The molecule has 0 spiro atoms. The van der Waals surface area contributed by atoms with Crippen LogP contribution in [0.5, 0.6) is 0 Å². The van der Waals surface area contributed by atoms with Gasteiger partial charge in [-0.15, -0.1) is 0 Å². The van der Waals surface area contributed by atoms with Crippen molar-refractivity contribution in [2.45, 2.75) is 13.5 Å². The van der Waals surface area contributed by atoms with Crippen molar-refractivity contribution in [3.63, 3.8) is 0 Å². The van der Waals surface area contributed by atoms with Crippen LogP contribution in [0.25, 0.3) is 11.3 Å². The number of carbonyl (C=O) groups excluding carboxylic acids is 1. The van der Waals surface area contributed by atoms with E-state index in [1.807, 2.05) is 30.3 Å². The Morgan fingerprint density at radius 1 is 1.11 bits per heavy atom. The smallest absolute Gasteiger partial charge is 0.277 e. The third-order valence-electron chi connectivity index (χ3n) is 4.16. The van der Waals surface area contributed by atoms with E-state index in [2.05, 4.69) is 46.8 Å². The minimum Gasteiger partial charge on any atom is -0.355 e. The third kappa shape index (κ3) is 3.95. The van der Waals surface area contributed by atoms with Crippen LogP contribution in [0.15, 0.2) is 77.6 Å². The molecule has 0 saturated heterocycles. The molecule has 1 N–H and O–H groups in total. The highest BCUT2D eigenvalue weighted by molar-refractivity contribution is 6.03. The maximum atomic E-state index is 12.4. The van der Waals surface area contributed by atoms with Gasteiger partial charge in [0.25, 0.3) is 5.91 Å². The van der Waals surface area contributed by atoms with E-state index in [9.17, 15) is 4.79 Å². The Morgan fingerprint density at radius 2 is 1.89 bits per heavy atom. The molecule has 4 rings (SSSR count). The molecule has 0 saturated carbocycles. The number of benzene rings is 2. The van der Waals surface area contributed by atoms with Gasteiger partial charge in [-0.05, 0) is 12.5 Å². The molecule has 0 atom stereocenters. The molecule has 0 aliphatic rings. The summed E-state index contributed by atoms with van der Waals surface area (Å²) < 4.78 is 7.05. The number of hydrogen-bond acceptors (Lipinski definition) is 4. The number of anilines is 1. The van der Waals surface area contributed by atoms with Crippen LogP contribution in [0.2, 0.25) is 0 Å². The summed E-state index contributed by atoms with van der Waals surface area (Å²) in [6.07, 6.45) is 3.40. The molecule has 4 aromatic rings. The van der Waals surface area contributed by atoms with Crippen molar-refractivity contribution in [1.29, 1.82) is 0 Å². The predicted octanol–water partition coefficient (Wildman–Crippen LogP) is 4.15. The van der Waals surface area contributed by atoms with Crippen molar-refractivity contribution in [3.8, 4) is 11.3 Å². The van der Waals surface area contributed by atoms with Crippen LogP contribution in [0.3, 0.4) is 0 Å². The molecule has 134 valence electrons. The largest absolute Gasteiger partial charge is 0.355 e. The Morgan fingerprint density at radius 3 is 2.67 bits per heavy atom. The van der Waals surface area contributed by atoms with Crippen molar-refractivity contribution in [3.05, 3.63) is 89.9 Å². The van der Waals surface area contributed by atoms with Crippen LogP contribution in [-0.4, -0.2) is 20.8 Å². The zero-order valence-electron chi connectivity index (χ0n) is 14.8. The van der Waals surface area contributed by atoms with Crippen LogP contribution in [0.1, 0.15) is 21.6 Å². The minimum absolute atomic E-state index is 0.222. The van der Waals surface area contributed by atoms with Crippen molar-refractivity contribution >= 4 is 11.6 Å². The first kappa shape index (κ1) is 16.8. The highest BCUT2D eigenvalue weighted by atomic mass is 16.5. The minimum atomic E-state index is -0.337. The van der Waals surface area contributed by atoms with Crippen LogP contribution < -0.4 is 5.32 Å². The first-order chi connectivity index (χ1) is 13.2. The average Bonchev–Trinajstić information content (AvgIpc) is 3.34. The Hall–Kier alpha value is -3.67. The van der Waals surface area contributed by atoms with Crippen LogP contribution in [0, 0.1) is 6.92 Å². The van der Waals surface area contributed by atoms with Crippen molar-refractivity contribution in [2.75, 3.05) is 5.32 Å². The zero-order valence-corrected chi connectivity index (χ0v) is 14.8. The fourth-order valence-electron chi connectivity index (χ4n) is 2.71. The summed E-state index contributed by atoms with van der Waals surface area (Å²) in [6, 6.07) is 19.4. The summed E-state index contributed by atoms with van der Waals surface area (Å²) in [7, 11) is 0. The normalized spacial score (nSPS) is 10.7. The Labute approximate surface area is 156 Å². The highest BCUT2D eigenvalue weighted by Crippen LogP contribution is 2.20. The molecule has 6 nitrogen and oxygen atoms in total. The van der Waals surface area contributed by atoms with Gasteiger partial charge in [-0.25, -0.2) is 0 Å². The van der Waals surface area contributed by atoms with Gasteiger partial charge in [0.2, 0.25) is 0 Å². The van der Waals surface area contributed by atoms with Gasteiger partial charge in [0, 0.05) is 17.8 Å². The van der Waals surface area contributed by atoms with Gasteiger partial charge in [-0.1, -0.05) is 65.3 Å². The van der Waals surface area contributed by atoms with E-state index in [1.54, 1.807) is 23.1 Å². The Kier molecular flexibility index (Phi) is 4.53. The van der Waals surface area contributed by atoms with E-state index in [0.29, 0.717) is 18.0 Å². The lowest BCUT2D eigenvalue weighted by molar-refractivity contribution is 0.101. The zero-order chi connectivity index (χ0) is 18.6. The van der Waals surface area contributed by atoms with E-state index in [0.717, 1.165) is 11.1 Å². The number of carbonyl (C=O) groups is 1. The summed E-state index contributed by atoms with van der Waals surface area (Å²) in [4.78, 5) is 12.4. The summed E-state index contributed by atoms with van der Waals surface area (Å²) >= 11 is 0. The monoisotopic (exact) mass is 358 g/mol. The summed E-state index contributed by atoms with van der Waals surface area (Å²) in [6.45, 7) is 2.69. The van der Waals surface area contributed by atoms with E-state index >= 15 is 0 Å². The molecule has 0 fully saturated rings. The molecular weight excluding hydrogens is 340 g/mol. The number of rotatable bonds is 5. The van der Waals surface area contributed by atoms with Gasteiger partial charge in [-0.3, -0.25) is 9.48 Å². The standard InChI is InChI=1S/C21H18N4O2/c1-15-7-9-16(10-8-15)13-25-14-18(12-22-25)23-21(26)19-11-20(27-24-19)17-5-3-2-4-6-17/h2-12,14H,13H2,1H3,(H,23,26). The van der Waals surface area contributed by atoms with Crippen LogP contribution >= 0.6 is 0 Å². The summed E-state index contributed by atoms with van der Waals surface area (Å²) in [5, 5.41) is 10.9. The number of hydrogen-bond donors (Lipinski definition) is 1. The SMILES string of the molecule is Cc1ccc(Cn2cc(NC(=O)c3cc(-c4ccccc4)on3)cn2)cc1. The number of aromatic nitrogens is 3. The molecular formula is C21H18N4O2. The third-order valence-corrected chi connectivity index (χ3v) is 4.16. The quantitative estimate of drug-likeness (QED) is 0.582. The lowest BCUT2D eigenvalue weighted by Gasteiger charge is -2.02. The summed E-state index contributed by atoms with van der Waals surface area (Å²) in [5.41, 5.74) is 4.06. The Balaban J connectivity index is 1.42. The van der Waals surface area contributed by atoms with Gasteiger partial charge in [0.05, 0.1) is 18.4 Å². The molecule has 0 aliphatic carbocycles. The van der Waals surface area contributed by atoms with Crippen LogP contribution in [-0.2, 0) is 6.54 Å². The van der Waals surface area contributed by atoms with Crippen molar-refractivity contribution < 1.29 is 9.32 Å². The molecule has 2 aromatic heterocycles. The van der Waals surface area contributed by atoms with Gasteiger partial charge < -0.3 is 9.84 Å². The second-order valence-corrected chi connectivity index (χ2v) is 6.31. The van der Waals surface area contributed by atoms with Crippen LogP contribution in [0.4, 0.5) is 5.69 Å². The second-order valence-electron chi connectivity index (χ2n) is 6.31. The van der Waals surface area contributed by atoms with Gasteiger partial charge >= 0.3 is 0 Å². The fraction of sp³-hybridized carbons (Fsp3) is 0.0952. The van der Waals surface area contributed by atoms with Crippen molar-refractivity contribution in [2.24, 2.45) is 0 Å².